The molecule has 5 nitrogen and oxygen atoms in total. The van der Waals surface area contributed by atoms with Gasteiger partial charge in [-0.2, -0.15) is 0 Å². The average Bonchev–Trinajstić information content (AvgIpc) is 2.45. The topological polar surface area (TPSA) is 66.9 Å². The molecule has 0 fully saturated rings. The molecule has 1 aromatic carbocycles. The first-order chi connectivity index (χ1) is 9.69. The third kappa shape index (κ3) is 3.74. The summed E-state index contributed by atoms with van der Waals surface area (Å²) in [6, 6.07) is 5.68. The van der Waals surface area contributed by atoms with Gasteiger partial charge in [-0.05, 0) is 24.6 Å². The zero-order chi connectivity index (χ0) is 14.4. The van der Waals surface area contributed by atoms with Gasteiger partial charge >= 0.3 is 0 Å². The lowest BCUT2D eigenvalue weighted by Gasteiger charge is -2.07. The van der Waals surface area contributed by atoms with Crippen molar-refractivity contribution < 1.29 is 9.18 Å². The van der Waals surface area contributed by atoms with Crippen LogP contribution >= 0.6 is 0 Å². The quantitative estimate of drug-likeness (QED) is 0.879. The van der Waals surface area contributed by atoms with E-state index >= 15 is 0 Å². The number of amides is 1. The minimum absolute atomic E-state index is 0.176. The molecule has 0 saturated carbocycles. The van der Waals surface area contributed by atoms with Crippen LogP contribution in [-0.2, 0) is 0 Å². The smallest absolute Gasteiger partial charge is 0.275 e. The Balaban J connectivity index is 2.09. The summed E-state index contributed by atoms with van der Waals surface area (Å²) < 4.78 is 13.0. The summed E-state index contributed by atoms with van der Waals surface area (Å²) in [7, 11) is 0. The van der Waals surface area contributed by atoms with Crippen molar-refractivity contribution in [2.75, 3.05) is 17.2 Å². The Morgan fingerprint density at radius 1 is 1.35 bits per heavy atom. The summed E-state index contributed by atoms with van der Waals surface area (Å²) in [4.78, 5) is 20.1. The number of hydrogen-bond acceptors (Lipinski definition) is 4. The molecular formula is C14H15FN4O. The van der Waals surface area contributed by atoms with Crippen LogP contribution in [0.3, 0.4) is 0 Å². The van der Waals surface area contributed by atoms with E-state index in [1.165, 1.54) is 24.4 Å². The fraction of sp³-hybridized carbons (Fsp3) is 0.214. The Morgan fingerprint density at radius 3 is 2.95 bits per heavy atom. The summed E-state index contributed by atoms with van der Waals surface area (Å²) in [6.07, 6.45) is 3.86. The highest BCUT2D eigenvalue weighted by Gasteiger charge is 2.09. The number of anilines is 2. The molecule has 2 aromatic rings. The number of hydrogen-bond donors (Lipinski definition) is 2. The van der Waals surface area contributed by atoms with Crippen LogP contribution in [0, 0.1) is 5.82 Å². The molecule has 1 heterocycles. The number of rotatable bonds is 5. The van der Waals surface area contributed by atoms with Crippen LogP contribution in [0.4, 0.5) is 15.9 Å². The van der Waals surface area contributed by atoms with Gasteiger partial charge in [-0.25, -0.2) is 9.37 Å². The molecule has 0 spiro atoms. The van der Waals surface area contributed by atoms with E-state index in [1.807, 2.05) is 6.92 Å². The van der Waals surface area contributed by atoms with Crippen molar-refractivity contribution in [3.8, 4) is 0 Å². The normalized spacial score (nSPS) is 10.1. The van der Waals surface area contributed by atoms with E-state index < -0.39 is 11.7 Å². The van der Waals surface area contributed by atoms with Gasteiger partial charge in [-0.15, -0.1) is 0 Å². The third-order valence-electron chi connectivity index (χ3n) is 2.51. The molecular weight excluding hydrogens is 259 g/mol. The maximum Gasteiger partial charge on any atom is 0.275 e. The van der Waals surface area contributed by atoms with Gasteiger partial charge in [-0.1, -0.05) is 13.0 Å². The van der Waals surface area contributed by atoms with Gasteiger partial charge in [-0.3, -0.25) is 9.78 Å². The number of carbonyl (C=O) groups is 1. The summed E-state index contributed by atoms with van der Waals surface area (Å²) in [5.41, 5.74) is 0.555. The van der Waals surface area contributed by atoms with E-state index in [0.717, 1.165) is 13.0 Å². The first-order valence-electron chi connectivity index (χ1n) is 6.32. The molecule has 20 heavy (non-hydrogen) atoms. The van der Waals surface area contributed by atoms with Crippen LogP contribution in [0.25, 0.3) is 0 Å². The molecule has 2 N–H and O–H groups in total. The van der Waals surface area contributed by atoms with Crippen molar-refractivity contribution in [3.63, 3.8) is 0 Å². The lowest BCUT2D eigenvalue weighted by molar-refractivity contribution is 0.102. The van der Waals surface area contributed by atoms with Crippen LogP contribution in [0.5, 0.6) is 0 Å². The molecule has 0 bridgehead atoms. The highest BCUT2D eigenvalue weighted by atomic mass is 19.1. The highest BCUT2D eigenvalue weighted by Crippen LogP contribution is 2.11. The van der Waals surface area contributed by atoms with E-state index in [0.29, 0.717) is 11.5 Å². The standard InChI is InChI=1S/C14H15FN4O/c1-2-6-17-13-9-16-8-12(19-13)14(20)18-11-5-3-4-10(15)7-11/h3-5,7-9H,2,6H2,1H3,(H,17,19)(H,18,20). The summed E-state index contributed by atoms with van der Waals surface area (Å²) in [5.74, 6) is -0.297. The molecule has 6 heteroatoms. The van der Waals surface area contributed by atoms with Crippen LogP contribution in [0.15, 0.2) is 36.7 Å². The van der Waals surface area contributed by atoms with Crippen LogP contribution in [0.1, 0.15) is 23.8 Å². The average molecular weight is 274 g/mol. The van der Waals surface area contributed by atoms with Gasteiger partial charge in [0.25, 0.3) is 5.91 Å². The largest absolute Gasteiger partial charge is 0.369 e. The molecule has 1 aromatic heterocycles. The second-order valence-corrected chi connectivity index (χ2v) is 4.18. The molecule has 0 aliphatic heterocycles. The van der Waals surface area contributed by atoms with Crippen molar-refractivity contribution >= 4 is 17.4 Å². The van der Waals surface area contributed by atoms with Gasteiger partial charge in [0.2, 0.25) is 0 Å². The van der Waals surface area contributed by atoms with Gasteiger partial charge in [0, 0.05) is 12.2 Å². The molecule has 0 saturated heterocycles. The predicted octanol–water partition coefficient (Wildman–Crippen LogP) is 2.69. The number of halogens is 1. The van der Waals surface area contributed by atoms with E-state index in [2.05, 4.69) is 20.6 Å². The number of nitrogens with zero attached hydrogens (tertiary/aromatic N) is 2. The minimum atomic E-state index is -0.428. The third-order valence-corrected chi connectivity index (χ3v) is 2.51. The Labute approximate surface area is 116 Å². The molecule has 0 unspecified atom stereocenters. The van der Waals surface area contributed by atoms with Gasteiger partial charge in [0.05, 0.1) is 12.4 Å². The van der Waals surface area contributed by atoms with Gasteiger partial charge < -0.3 is 10.6 Å². The van der Waals surface area contributed by atoms with E-state index in [1.54, 1.807) is 12.3 Å². The van der Waals surface area contributed by atoms with Crippen molar-refractivity contribution in [1.29, 1.82) is 0 Å². The van der Waals surface area contributed by atoms with Crippen molar-refractivity contribution in [3.05, 3.63) is 48.2 Å². The number of carbonyl (C=O) groups excluding carboxylic acids is 1. The van der Waals surface area contributed by atoms with Crippen molar-refractivity contribution in [1.82, 2.24) is 9.97 Å². The summed E-state index contributed by atoms with van der Waals surface area (Å²) in [6.45, 7) is 2.78. The van der Waals surface area contributed by atoms with Crippen LogP contribution < -0.4 is 10.6 Å². The van der Waals surface area contributed by atoms with Crippen LogP contribution in [-0.4, -0.2) is 22.4 Å². The van der Waals surface area contributed by atoms with Crippen molar-refractivity contribution in [2.24, 2.45) is 0 Å². The zero-order valence-corrected chi connectivity index (χ0v) is 11.1. The number of nitrogens with one attached hydrogen (secondary N) is 2. The Hall–Kier alpha value is -2.50. The lowest BCUT2D eigenvalue weighted by atomic mass is 10.3. The van der Waals surface area contributed by atoms with Crippen molar-refractivity contribution in [2.45, 2.75) is 13.3 Å². The molecule has 0 atom stereocenters. The molecule has 2 rings (SSSR count). The molecule has 0 aliphatic carbocycles. The van der Waals surface area contributed by atoms with E-state index in [4.69, 9.17) is 0 Å². The molecule has 0 radical (unpaired) electrons. The predicted molar refractivity (Wildman–Crippen MR) is 75.2 cm³/mol. The van der Waals surface area contributed by atoms with Gasteiger partial charge in [0.1, 0.15) is 17.3 Å². The lowest BCUT2D eigenvalue weighted by Crippen LogP contribution is -2.15. The zero-order valence-electron chi connectivity index (χ0n) is 11.1. The summed E-state index contributed by atoms with van der Waals surface area (Å²) in [5, 5.41) is 5.62. The fourth-order valence-corrected chi connectivity index (χ4v) is 1.57. The fourth-order valence-electron chi connectivity index (χ4n) is 1.57. The maximum atomic E-state index is 13.0. The molecule has 104 valence electrons. The summed E-state index contributed by atoms with van der Waals surface area (Å²) >= 11 is 0. The Kier molecular flexibility index (Phi) is 4.60. The Bertz CT molecular complexity index is 603. The van der Waals surface area contributed by atoms with E-state index in [9.17, 15) is 9.18 Å². The minimum Gasteiger partial charge on any atom is -0.369 e. The Morgan fingerprint density at radius 2 is 2.20 bits per heavy atom. The van der Waals surface area contributed by atoms with E-state index in [-0.39, 0.29) is 5.69 Å². The number of aromatic nitrogens is 2. The first-order valence-corrected chi connectivity index (χ1v) is 6.32. The second-order valence-electron chi connectivity index (χ2n) is 4.18. The second kappa shape index (κ2) is 6.60. The molecule has 0 aliphatic rings. The van der Waals surface area contributed by atoms with Gasteiger partial charge in [0.15, 0.2) is 0 Å². The van der Waals surface area contributed by atoms with Crippen LogP contribution in [0.2, 0.25) is 0 Å². The monoisotopic (exact) mass is 274 g/mol. The highest BCUT2D eigenvalue weighted by molar-refractivity contribution is 6.02. The SMILES string of the molecule is CCCNc1cncc(C(=O)Nc2cccc(F)c2)n1. The number of benzene rings is 1. The molecule has 1 amide bonds. The first kappa shape index (κ1) is 13.9. The maximum absolute atomic E-state index is 13.0.